The number of piperidine rings is 1. The second kappa shape index (κ2) is 5.79. The molecule has 0 aliphatic carbocycles. The second-order valence-corrected chi connectivity index (χ2v) is 6.06. The molecule has 1 fully saturated rings. The highest BCUT2D eigenvalue weighted by molar-refractivity contribution is 5.80. The van der Waals surface area contributed by atoms with E-state index in [1.165, 1.54) is 0 Å². The third-order valence-corrected chi connectivity index (χ3v) is 4.12. The molecule has 2 heterocycles. The quantitative estimate of drug-likeness (QED) is 0.934. The third kappa shape index (κ3) is 2.95. The van der Waals surface area contributed by atoms with Crippen LogP contribution in [0, 0.1) is 11.8 Å². The van der Waals surface area contributed by atoms with E-state index < -0.39 is 11.9 Å². The van der Waals surface area contributed by atoms with Crippen LogP contribution in [0.5, 0.6) is 0 Å². The number of carbonyl (C=O) groups is 2. The molecule has 1 aromatic heterocycles. The van der Waals surface area contributed by atoms with Crippen LogP contribution in [0.4, 0.5) is 0 Å². The molecule has 0 spiro atoms. The van der Waals surface area contributed by atoms with Gasteiger partial charge in [-0.1, -0.05) is 25.1 Å². The van der Waals surface area contributed by atoms with Crippen LogP contribution in [0.1, 0.15) is 13.3 Å². The number of benzene rings is 1. The zero-order valence-corrected chi connectivity index (χ0v) is 12.5. The largest absolute Gasteiger partial charge is 0.481 e. The van der Waals surface area contributed by atoms with Gasteiger partial charge in [-0.2, -0.15) is 5.10 Å². The van der Waals surface area contributed by atoms with E-state index in [-0.39, 0.29) is 18.4 Å². The number of amides is 1. The van der Waals surface area contributed by atoms with Gasteiger partial charge < -0.3 is 10.0 Å². The number of rotatable bonds is 3. The lowest BCUT2D eigenvalue weighted by atomic mass is 9.90. The first-order valence-corrected chi connectivity index (χ1v) is 7.45. The van der Waals surface area contributed by atoms with Crippen molar-refractivity contribution >= 4 is 22.8 Å². The molecular formula is C16H19N3O3. The van der Waals surface area contributed by atoms with Crippen molar-refractivity contribution in [1.82, 2.24) is 14.7 Å². The van der Waals surface area contributed by atoms with E-state index in [0.717, 1.165) is 10.9 Å². The van der Waals surface area contributed by atoms with Crippen LogP contribution in [0.25, 0.3) is 10.9 Å². The standard InChI is InChI=1S/C16H19N3O3/c1-11-6-13(16(21)22)8-18(7-11)15(20)10-19-9-12-4-2-3-5-14(12)17-19/h2-5,9,11,13H,6-8,10H2,1H3,(H,21,22). The molecule has 1 amide bonds. The van der Waals surface area contributed by atoms with Gasteiger partial charge in [0.15, 0.2) is 0 Å². The molecule has 116 valence electrons. The van der Waals surface area contributed by atoms with Gasteiger partial charge in [-0.25, -0.2) is 0 Å². The van der Waals surface area contributed by atoms with E-state index >= 15 is 0 Å². The first kappa shape index (κ1) is 14.6. The van der Waals surface area contributed by atoms with Crippen LogP contribution in [0.15, 0.2) is 30.5 Å². The Labute approximate surface area is 128 Å². The lowest BCUT2D eigenvalue weighted by Crippen LogP contribution is -2.46. The fraction of sp³-hybridized carbons (Fsp3) is 0.438. The topological polar surface area (TPSA) is 75.4 Å². The second-order valence-electron chi connectivity index (χ2n) is 6.06. The average molecular weight is 301 g/mol. The average Bonchev–Trinajstić information content (AvgIpc) is 2.88. The molecular weight excluding hydrogens is 282 g/mol. The molecule has 3 rings (SSSR count). The Bertz CT molecular complexity index is 676. The molecule has 1 aliphatic rings. The molecule has 2 atom stereocenters. The third-order valence-electron chi connectivity index (χ3n) is 4.12. The Hall–Kier alpha value is -2.37. The molecule has 1 aliphatic heterocycles. The monoisotopic (exact) mass is 301 g/mol. The van der Waals surface area contributed by atoms with Gasteiger partial charge in [0.25, 0.3) is 0 Å². The summed E-state index contributed by atoms with van der Waals surface area (Å²) < 4.78 is 1.63. The summed E-state index contributed by atoms with van der Waals surface area (Å²) in [5.74, 6) is -1.17. The molecule has 22 heavy (non-hydrogen) atoms. The summed E-state index contributed by atoms with van der Waals surface area (Å²) in [6.45, 7) is 3.04. The molecule has 0 saturated carbocycles. The fourth-order valence-electron chi connectivity index (χ4n) is 3.07. The molecule has 1 N–H and O–H groups in total. The summed E-state index contributed by atoms with van der Waals surface area (Å²) in [7, 11) is 0. The van der Waals surface area contributed by atoms with Crippen molar-refractivity contribution in [3.8, 4) is 0 Å². The van der Waals surface area contributed by atoms with Crippen molar-refractivity contribution in [2.75, 3.05) is 13.1 Å². The first-order chi connectivity index (χ1) is 10.5. The van der Waals surface area contributed by atoms with Gasteiger partial charge in [-0.05, 0) is 18.4 Å². The van der Waals surface area contributed by atoms with Crippen molar-refractivity contribution < 1.29 is 14.7 Å². The Morgan fingerprint density at radius 1 is 1.32 bits per heavy atom. The minimum absolute atomic E-state index is 0.0781. The predicted octanol–water partition coefficient (Wildman–Crippen LogP) is 1.61. The van der Waals surface area contributed by atoms with E-state index in [0.29, 0.717) is 19.5 Å². The van der Waals surface area contributed by atoms with Crippen molar-refractivity contribution in [3.63, 3.8) is 0 Å². The Morgan fingerprint density at radius 3 is 2.82 bits per heavy atom. The normalized spacial score (nSPS) is 22.0. The summed E-state index contributed by atoms with van der Waals surface area (Å²) in [4.78, 5) is 25.3. The molecule has 2 unspecified atom stereocenters. The Balaban J connectivity index is 1.71. The van der Waals surface area contributed by atoms with E-state index in [1.807, 2.05) is 37.4 Å². The number of nitrogens with zero attached hydrogens (tertiary/aromatic N) is 3. The van der Waals surface area contributed by atoms with Gasteiger partial charge in [0.1, 0.15) is 6.54 Å². The van der Waals surface area contributed by atoms with Crippen LogP contribution >= 0.6 is 0 Å². The SMILES string of the molecule is CC1CC(C(=O)O)CN(C(=O)Cn2cc3ccccc3n2)C1. The number of hydrogen-bond donors (Lipinski definition) is 1. The summed E-state index contributed by atoms with van der Waals surface area (Å²) in [5, 5.41) is 14.6. The molecule has 1 aromatic carbocycles. The van der Waals surface area contributed by atoms with Crippen molar-refractivity contribution in [1.29, 1.82) is 0 Å². The Kier molecular flexibility index (Phi) is 3.83. The number of carbonyl (C=O) groups excluding carboxylic acids is 1. The van der Waals surface area contributed by atoms with Crippen LogP contribution in [-0.2, 0) is 16.1 Å². The molecule has 6 nitrogen and oxygen atoms in total. The number of aliphatic carboxylic acids is 1. The van der Waals surface area contributed by atoms with Gasteiger partial charge in [0.05, 0.1) is 11.4 Å². The van der Waals surface area contributed by atoms with E-state index in [9.17, 15) is 14.7 Å². The predicted molar refractivity (Wildman–Crippen MR) is 81.2 cm³/mol. The van der Waals surface area contributed by atoms with Gasteiger partial charge in [-0.15, -0.1) is 0 Å². The van der Waals surface area contributed by atoms with Gasteiger partial charge in [0.2, 0.25) is 5.91 Å². The number of carboxylic acid groups (broad SMARTS) is 1. The summed E-state index contributed by atoms with van der Waals surface area (Å²) in [6, 6.07) is 7.69. The lowest BCUT2D eigenvalue weighted by Gasteiger charge is -2.34. The highest BCUT2D eigenvalue weighted by atomic mass is 16.4. The molecule has 1 saturated heterocycles. The summed E-state index contributed by atoms with van der Waals surface area (Å²) in [6.07, 6.45) is 2.47. The van der Waals surface area contributed by atoms with Crippen LogP contribution in [-0.4, -0.2) is 44.8 Å². The molecule has 0 radical (unpaired) electrons. The highest BCUT2D eigenvalue weighted by Crippen LogP contribution is 2.22. The van der Waals surface area contributed by atoms with Crippen molar-refractivity contribution in [3.05, 3.63) is 30.5 Å². The maximum absolute atomic E-state index is 12.4. The van der Waals surface area contributed by atoms with Crippen LogP contribution < -0.4 is 0 Å². The smallest absolute Gasteiger partial charge is 0.308 e. The minimum atomic E-state index is -0.825. The maximum atomic E-state index is 12.4. The highest BCUT2D eigenvalue weighted by Gasteiger charge is 2.31. The minimum Gasteiger partial charge on any atom is -0.481 e. The fourth-order valence-corrected chi connectivity index (χ4v) is 3.07. The Morgan fingerprint density at radius 2 is 2.09 bits per heavy atom. The van der Waals surface area contributed by atoms with Crippen molar-refractivity contribution in [2.45, 2.75) is 19.9 Å². The zero-order valence-electron chi connectivity index (χ0n) is 12.5. The zero-order chi connectivity index (χ0) is 15.7. The van der Waals surface area contributed by atoms with E-state index in [1.54, 1.807) is 9.58 Å². The number of hydrogen-bond acceptors (Lipinski definition) is 3. The van der Waals surface area contributed by atoms with Gasteiger partial charge in [-0.3, -0.25) is 14.3 Å². The van der Waals surface area contributed by atoms with Gasteiger partial charge >= 0.3 is 5.97 Å². The molecule has 0 bridgehead atoms. The summed E-state index contributed by atoms with van der Waals surface area (Å²) in [5.41, 5.74) is 0.853. The van der Waals surface area contributed by atoms with Crippen LogP contribution in [0.2, 0.25) is 0 Å². The van der Waals surface area contributed by atoms with Gasteiger partial charge in [0, 0.05) is 24.7 Å². The number of fused-ring (bicyclic) bond motifs is 1. The van der Waals surface area contributed by atoms with Crippen LogP contribution in [0.3, 0.4) is 0 Å². The lowest BCUT2D eigenvalue weighted by molar-refractivity contribution is -0.147. The number of carboxylic acids is 1. The number of likely N-dealkylation sites (tertiary alicyclic amines) is 1. The maximum Gasteiger partial charge on any atom is 0.308 e. The first-order valence-electron chi connectivity index (χ1n) is 7.45. The van der Waals surface area contributed by atoms with E-state index in [2.05, 4.69) is 5.10 Å². The van der Waals surface area contributed by atoms with Crippen molar-refractivity contribution in [2.24, 2.45) is 11.8 Å². The van der Waals surface area contributed by atoms with E-state index in [4.69, 9.17) is 0 Å². The summed E-state index contributed by atoms with van der Waals surface area (Å²) >= 11 is 0. The molecule has 2 aromatic rings. The molecule has 6 heteroatoms. The number of aromatic nitrogens is 2.